The van der Waals surface area contributed by atoms with Gasteiger partial charge < -0.3 is 10.5 Å². The Labute approximate surface area is 126 Å². The quantitative estimate of drug-likeness (QED) is 0.886. The molecule has 1 aromatic carbocycles. The van der Waals surface area contributed by atoms with E-state index in [0.717, 1.165) is 41.4 Å². The number of para-hydroxylation sites is 1. The van der Waals surface area contributed by atoms with Gasteiger partial charge >= 0.3 is 0 Å². The summed E-state index contributed by atoms with van der Waals surface area (Å²) in [5.74, 6) is 1.72. The van der Waals surface area contributed by atoms with Crippen LogP contribution >= 0.6 is 0 Å². The lowest BCUT2D eigenvalue weighted by Crippen LogP contribution is -2.08. The van der Waals surface area contributed by atoms with Crippen molar-refractivity contribution in [3.63, 3.8) is 0 Å². The Balaban J connectivity index is 2.25. The standard InChI is InChI=1S/C17H23N3O/c1-12-15(8-6-10-18)13(2)20-17(19-12)11-14-7-4-5-9-16(14)21-3/h4-5,7,9H,6,8,10-11,18H2,1-3H3. The van der Waals surface area contributed by atoms with E-state index in [0.29, 0.717) is 13.0 Å². The van der Waals surface area contributed by atoms with Gasteiger partial charge in [0.05, 0.1) is 7.11 Å². The lowest BCUT2D eigenvalue weighted by Gasteiger charge is -2.12. The third-order valence-electron chi connectivity index (χ3n) is 3.64. The van der Waals surface area contributed by atoms with Gasteiger partial charge in [-0.05, 0) is 44.9 Å². The molecule has 0 radical (unpaired) electrons. The van der Waals surface area contributed by atoms with E-state index >= 15 is 0 Å². The van der Waals surface area contributed by atoms with E-state index in [-0.39, 0.29) is 0 Å². The minimum Gasteiger partial charge on any atom is -0.496 e. The summed E-state index contributed by atoms with van der Waals surface area (Å²) in [6.07, 6.45) is 2.60. The molecule has 0 fully saturated rings. The minimum absolute atomic E-state index is 0.683. The lowest BCUT2D eigenvalue weighted by atomic mass is 10.1. The summed E-state index contributed by atoms with van der Waals surface area (Å²) in [7, 11) is 1.69. The summed E-state index contributed by atoms with van der Waals surface area (Å²) in [4.78, 5) is 9.30. The van der Waals surface area contributed by atoms with Crippen LogP contribution in [0.3, 0.4) is 0 Å². The number of nitrogens with two attached hydrogens (primary N) is 1. The van der Waals surface area contributed by atoms with Crippen molar-refractivity contribution in [3.8, 4) is 5.75 Å². The molecule has 2 N–H and O–H groups in total. The van der Waals surface area contributed by atoms with Crippen molar-refractivity contribution >= 4 is 0 Å². The average Bonchev–Trinajstić information content (AvgIpc) is 2.47. The molecule has 2 aromatic rings. The van der Waals surface area contributed by atoms with Gasteiger partial charge in [0.1, 0.15) is 11.6 Å². The zero-order valence-electron chi connectivity index (χ0n) is 13.0. The average molecular weight is 285 g/mol. The van der Waals surface area contributed by atoms with Gasteiger partial charge in [-0.25, -0.2) is 9.97 Å². The number of hydrogen-bond acceptors (Lipinski definition) is 4. The molecule has 0 aliphatic carbocycles. The molecule has 0 atom stereocenters. The lowest BCUT2D eigenvalue weighted by molar-refractivity contribution is 0.410. The van der Waals surface area contributed by atoms with Crippen LogP contribution in [-0.2, 0) is 12.8 Å². The molecule has 0 aliphatic rings. The molecule has 21 heavy (non-hydrogen) atoms. The number of aromatic nitrogens is 2. The summed E-state index contributed by atoms with van der Waals surface area (Å²) in [5.41, 5.74) is 10.0. The summed E-state index contributed by atoms with van der Waals surface area (Å²) in [6, 6.07) is 7.99. The molecule has 0 bridgehead atoms. The minimum atomic E-state index is 0.683. The molecule has 1 aromatic heterocycles. The first-order chi connectivity index (χ1) is 10.2. The zero-order valence-corrected chi connectivity index (χ0v) is 13.0. The summed E-state index contributed by atoms with van der Waals surface area (Å²) < 4.78 is 5.39. The zero-order chi connectivity index (χ0) is 15.2. The van der Waals surface area contributed by atoms with E-state index in [1.807, 2.05) is 32.0 Å². The normalized spacial score (nSPS) is 10.7. The summed E-state index contributed by atoms with van der Waals surface area (Å²) in [5, 5.41) is 0. The highest BCUT2D eigenvalue weighted by Gasteiger charge is 2.10. The Kier molecular flexibility index (Phi) is 5.28. The topological polar surface area (TPSA) is 61.0 Å². The number of aryl methyl sites for hydroxylation is 2. The SMILES string of the molecule is COc1ccccc1Cc1nc(C)c(CCCN)c(C)n1. The number of hydrogen-bond donors (Lipinski definition) is 1. The maximum atomic E-state index is 5.59. The fourth-order valence-electron chi connectivity index (χ4n) is 2.55. The Hall–Kier alpha value is -1.94. The van der Waals surface area contributed by atoms with Crippen LogP contribution in [0.25, 0.3) is 0 Å². The van der Waals surface area contributed by atoms with Gasteiger partial charge in [0.2, 0.25) is 0 Å². The highest BCUT2D eigenvalue weighted by Crippen LogP contribution is 2.21. The van der Waals surface area contributed by atoms with Crippen molar-refractivity contribution in [1.82, 2.24) is 9.97 Å². The molecule has 2 rings (SSSR count). The highest BCUT2D eigenvalue weighted by molar-refractivity contribution is 5.36. The van der Waals surface area contributed by atoms with Crippen molar-refractivity contribution in [2.24, 2.45) is 5.73 Å². The van der Waals surface area contributed by atoms with Gasteiger partial charge in [0.25, 0.3) is 0 Å². The van der Waals surface area contributed by atoms with Gasteiger partial charge in [-0.15, -0.1) is 0 Å². The fourth-order valence-corrected chi connectivity index (χ4v) is 2.55. The maximum Gasteiger partial charge on any atom is 0.133 e. The van der Waals surface area contributed by atoms with Crippen LogP contribution in [0.4, 0.5) is 0 Å². The molecule has 0 amide bonds. The fraction of sp³-hybridized carbons (Fsp3) is 0.412. The van der Waals surface area contributed by atoms with E-state index in [4.69, 9.17) is 10.5 Å². The first-order valence-corrected chi connectivity index (χ1v) is 7.30. The van der Waals surface area contributed by atoms with Gasteiger partial charge in [0.15, 0.2) is 0 Å². The number of ether oxygens (including phenoxy) is 1. The first-order valence-electron chi connectivity index (χ1n) is 7.30. The maximum absolute atomic E-state index is 5.59. The smallest absolute Gasteiger partial charge is 0.133 e. The second-order valence-corrected chi connectivity index (χ2v) is 5.17. The second kappa shape index (κ2) is 7.18. The highest BCUT2D eigenvalue weighted by atomic mass is 16.5. The Morgan fingerprint density at radius 3 is 2.38 bits per heavy atom. The summed E-state index contributed by atoms with van der Waals surface area (Å²) in [6.45, 7) is 4.79. The van der Waals surface area contributed by atoms with Crippen LogP contribution < -0.4 is 10.5 Å². The Morgan fingerprint density at radius 2 is 1.76 bits per heavy atom. The van der Waals surface area contributed by atoms with Crippen LogP contribution in [0.15, 0.2) is 24.3 Å². The molecular weight excluding hydrogens is 262 g/mol. The molecule has 4 heteroatoms. The Morgan fingerprint density at radius 1 is 1.10 bits per heavy atom. The van der Waals surface area contributed by atoms with Crippen molar-refractivity contribution in [2.75, 3.05) is 13.7 Å². The van der Waals surface area contributed by atoms with Crippen LogP contribution in [0.5, 0.6) is 5.75 Å². The molecule has 0 spiro atoms. The van der Waals surface area contributed by atoms with Crippen LogP contribution in [0.2, 0.25) is 0 Å². The van der Waals surface area contributed by atoms with Gasteiger partial charge in [-0.3, -0.25) is 0 Å². The van der Waals surface area contributed by atoms with Crippen molar-refractivity contribution in [2.45, 2.75) is 33.1 Å². The van der Waals surface area contributed by atoms with E-state index in [2.05, 4.69) is 16.0 Å². The van der Waals surface area contributed by atoms with Crippen LogP contribution in [0, 0.1) is 13.8 Å². The van der Waals surface area contributed by atoms with E-state index in [1.54, 1.807) is 7.11 Å². The largest absolute Gasteiger partial charge is 0.496 e. The number of rotatable bonds is 6. The van der Waals surface area contributed by atoms with Crippen molar-refractivity contribution < 1.29 is 4.74 Å². The summed E-state index contributed by atoms with van der Waals surface area (Å²) >= 11 is 0. The number of nitrogens with zero attached hydrogens (tertiary/aromatic N) is 2. The number of methoxy groups -OCH3 is 1. The van der Waals surface area contributed by atoms with Gasteiger partial charge in [-0.2, -0.15) is 0 Å². The van der Waals surface area contributed by atoms with E-state index in [9.17, 15) is 0 Å². The molecule has 112 valence electrons. The molecule has 0 saturated carbocycles. The number of benzene rings is 1. The van der Waals surface area contributed by atoms with Crippen molar-refractivity contribution in [3.05, 3.63) is 52.6 Å². The molecule has 0 saturated heterocycles. The van der Waals surface area contributed by atoms with E-state index in [1.165, 1.54) is 5.56 Å². The second-order valence-electron chi connectivity index (χ2n) is 5.17. The van der Waals surface area contributed by atoms with Crippen LogP contribution in [-0.4, -0.2) is 23.6 Å². The molecular formula is C17H23N3O. The monoisotopic (exact) mass is 285 g/mol. The molecule has 0 unspecified atom stereocenters. The van der Waals surface area contributed by atoms with Crippen LogP contribution in [0.1, 0.15) is 34.8 Å². The third kappa shape index (κ3) is 3.79. The molecule has 1 heterocycles. The first kappa shape index (κ1) is 15.4. The van der Waals surface area contributed by atoms with Gasteiger partial charge in [0, 0.05) is 23.4 Å². The van der Waals surface area contributed by atoms with Gasteiger partial charge in [-0.1, -0.05) is 18.2 Å². The van der Waals surface area contributed by atoms with E-state index < -0.39 is 0 Å². The molecule has 4 nitrogen and oxygen atoms in total. The predicted molar refractivity (Wildman–Crippen MR) is 84.7 cm³/mol. The Bertz CT molecular complexity index is 588. The molecule has 0 aliphatic heterocycles. The third-order valence-corrected chi connectivity index (χ3v) is 3.64. The predicted octanol–water partition coefficient (Wildman–Crippen LogP) is 2.58. The van der Waals surface area contributed by atoms with Crippen molar-refractivity contribution in [1.29, 1.82) is 0 Å².